The molecule has 0 saturated heterocycles. The molecule has 108 valence electrons. The summed E-state index contributed by atoms with van der Waals surface area (Å²) in [6, 6.07) is 3.19. The van der Waals surface area contributed by atoms with Gasteiger partial charge in [-0.2, -0.15) is 0 Å². The van der Waals surface area contributed by atoms with Gasteiger partial charge in [-0.3, -0.25) is 19.7 Å². The predicted molar refractivity (Wildman–Crippen MR) is 73.4 cm³/mol. The van der Waals surface area contributed by atoms with Crippen molar-refractivity contribution in [3.8, 4) is 0 Å². The van der Waals surface area contributed by atoms with Gasteiger partial charge >= 0.3 is 0 Å². The Labute approximate surface area is 120 Å². The Morgan fingerprint density at radius 1 is 1.40 bits per heavy atom. The number of carbonyl (C=O) groups is 2. The van der Waals surface area contributed by atoms with Crippen LogP contribution in [0.4, 0.5) is 5.69 Å². The Morgan fingerprint density at radius 2 is 2.00 bits per heavy atom. The SMILES string of the molecule is CC(NC(=O)c1ccc([N+](=O)[O-])c(Cl)c1)C(C)C(N)=O. The molecule has 2 unspecified atom stereocenters. The van der Waals surface area contributed by atoms with E-state index in [9.17, 15) is 19.7 Å². The van der Waals surface area contributed by atoms with Crippen LogP contribution in [0, 0.1) is 16.0 Å². The summed E-state index contributed by atoms with van der Waals surface area (Å²) in [6.45, 7) is 3.23. The van der Waals surface area contributed by atoms with Crippen LogP contribution in [0.3, 0.4) is 0 Å². The summed E-state index contributed by atoms with van der Waals surface area (Å²) in [5.74, 6) is -1.55. The fourth-order valence-electron chi connectivity index (χ4n) is 1.46. The van der Waals surface area contributed by atoms with Crippen LogP contribution in [-0.2, 0) is 4.79 Å². The molecule has 1 rings (SSSR count). The number of nitrogens with zero attached hydrogens (tertiary/aromatic N) is 1. The zero-order valence-corrected chi connectivity index (χ0v) is 11.7. The number of nitrogens with two attached hydrogens (primary N) is 1. The maximum Gasteiger partial charge on any atom is 0.287 e. The van der Waals surface area contributed by atoms with E-state index in [0.29, 0.717) is 0 Å². The van der Waals surface area contributed by atoms with Gasteiger partial charge in [-0.05, 0) is 19.1 Å². The van der Waals surface area contributed by atoms with Crippen molar-refractivity contribution in [2.75, 3.05) is 0 Å². The second-order valence-electron chi connectivity index (χ2n) is 4.38. The van der Waals surface area contributed by atoms with Crippen LogP contribution in [0.1, 0.15) is 24.2 Å². The fourth-order valence-corrected chi connectivity index (χ4v) is 1.71. The Balaban J connectivity index is 2.86. The first-order valence-electron chi connectivity index (χ1n) is 5.78. The van der Waals surface area contributed by atoms with Crippen molar-refractivity contribution >= 4 is 29.1 Å². The number of nitro benzene ring substituents is 1. The van der Waals surface area contributed by atoms with Crippen molar-refractivity contribution in [2.45, 2.75) is 19.9 Å². The van der Waals surface area contributed by atoms with Crippen LogP contribution in [0.2, 0.25) is 5.02 Å². The van der Waals surface area contributed by atoms with Crippen LogP contribution >= 0.6 is 11.6 Å². The quantitative estimate of drug-likeness (QED) is 0.633. The maximum atomic E-state index is 11.9. The van der Waals surface area contributed by atoms with Crippen molar-refractivity contribution in [3.63, 3.8) is 0 Å². The molecule has 0 spiro atoms. The summed E-state index contributed by atoms with van der Waals surface area (Å²) in [5.41, 5.74) is 5.04. The minimum absolute atomic E-state index is 0.127. The summed E-state index contributed by atoms with van der Waals surface area (Å²) in [4.78, 5) is 32.9. The lowest BCUT2D eigenvalue weighted by Crippen LogP contribution is -2.42. The summed E-state index contributed by atoms with van der Waals surface area (Å²) < 4.78 is 0. The van der Waals surface area contributed by atoms with Gasteiger partial charge in [0.15, 0.2) is 0 Å². The third-order valence-electron chi connectivity index (χ3n) is 2.96. The highest BCUT2D eigenvalue weighted by atomic mass is 35.5. The monoisotopic (exact) mass is 299 g/mol. The molecule has 0 saturated carbocycles. The molecular formula is C12H14ClN3O4. The van der Waals surface area contributed by atoms with E-state index in [0.717, 1.165) is 6.07 Å². The van der Waals surface area contributed by atoms with Gasteiger partial charge in [-0.25, -0.2) is 0 Å². The van der Waals surface area contributed by atoms with Crippen LogP contribution in [0.25, 0.3) is 0 Å². The number of halogens is 1. The molecule has 0 heterocycles. The van der Waals surface area contributed by atoms with E-state index in [1.807, 2.05) is 0 Å². The average Bonchev–Trinajstić information content (AvgIpc) is 2.36. The van der Waals surface area contributed by atoms with Crippen molar-refractivity contribution in [1.29, 1.82) is 0 Å². The molecule has 0 fully saturated rings. The first-order chi connectivity index (χ1) is 9.23. The highest BCUT2D eigenvalue weighted by molar-refractivity contribution is 6.33. The van der Waals surface area contributed by atoms with E-state index in [1.165, 1.54) is 12.1 Å². The zero-order valence-electron chi connectivity index (χ0n) is 10.9. The highest BCUT2D eigenvalue weighted by Crippen LogP contribution is 2.25. The van der Waals surface area contributed by atoms with Gasteiger partial charge in [0.1, 0.15) is 5.02 Å². The Hall–Kier alpha value is -2.15. The molecule has 2 amide bonds. The molecule has 20 heavy (non-hydrogen) atoms. The predicted octanol–water partition coefficient (Wildman–Crippen LogP) is 1.49. The number of hydrogen-bond donors (Lipinski definition) is 2. The molecule has 2 atom stereocenters. The Kier molecular flexibility index (Phi) is 5.04. The van der Waals surface area contributed by atoms with E-state index in [2.05, 4.69) is 5.32 Å². The lowest BCUT2D eigenvalue weighted by atomic mass is 10.0. The maximum absolute atomic E-state index is 11.9. The average molecular weight is 300 g/mol. The van der Waals surface area contributed by atoms with Gasteiger partial charge in [-0.15, -0.1) is 0 Å². The zero-order chi connectivity index (χ0) is 15.4. The minimum Gasteiger partial charge on any atom is -0.369 e. The van der Waals surface area contributed by atoms with Crippen LogP contribution in [0.5, 0.6) is 0 Å². The summed E-state index contributed by atoms with van der Waals surface area (Å²) in [5, 5.41) is 13.1. The van der Waals surface area contributed by atoms with Crippen LogP contribution < -0.4 is 11.1 Å². The number of rotatable bonds is 5. The minimum atomic E-state index is -0.637. The van der Waals surface area contributed by atoms with Gasteiger partial charge in [0.2, 0.25) is 5.91 Å². The summed E-state index contributed by atoms with van der Waals surface area (Å²) >= 11 is 5.72. The van der Waals surface area contributed by atoms with Crippen molar-refractivity contribution < 1.29 is 14.5 Å². The first-order valence-corrected chi connectivity index (χ1v) is 6.16. The summed E-state index contributed by atoms with van der Waals surface area (Å²) in [7, 11) is 0. The largest absolute Gasteiger partial charge is 0.369 e. The van der Waals surface area contributed by atoms with Crippen LogP contribution in [-0.4, -0.2) is 22.8 Å². The number of nitrogens with one attached hydrogen (secondary N) is 1. The second-order valence-corrected chi connectivity index (χ2v) is 4.78. The number of amides is 2. The normalized spacial score (nSPS) is 13.3. The smallest absolute Gasteiger partial charge is 0.287 e. The number of benzene rings is 1. The van der Waals surface area contributed by atoms with E-state index >= 15 is 0 Å². The van der Waals surface area contributed by atoms with Gasteiger partial charge in [-0.1, -0.05) is 18.5 Å². The van der Waals surface area contributed by atoms with Gasteiger partial charge in [0, 0.05) is 17.7 Å². The number of hydrogen-bond acceptors (Lipinski definition) is 4. The number of carbonyl (C=O) groups excluding carboxylic acids is 2. The molecule has 0 radical (unpaired) electrons. The third-order valence-corrected chi connectivity index (χ3v) is 3.27. The molecular weight excluding hydrogens is 286 g/mol. The molecule has 0 aliphatic rings. The molecule has 0 bridgehead atoms. The first kappa shape index (κ1) is 15.9. The van der Waals surface area contributed by atoms with E-state index < -0.39 is 28.7 Å². The van der Waals surface area contributed by atoms with Crippen molar-refractivity contribution in [3.05, 3.63) is 38.9 Å². The Morgan fingerprint density at radius 3 is 2.45 bits per heavy atom. The Bertz CT molecular complexity index is 562. The molecule has 3 N–H and O–H groups in total. The van der Waals surface area contributed by atoms with Crippen molar-refractivity contribution in [2.24, 2.45) is 11.7 Å². The second kappa shape index (κ2) is 6.33. The molecule has 0 aromatic heterocycles. The van der Waals surface area contributed by atoms with E-state index in [-0.39, 0.29) is 16.3 Å². The number of nitro groups is 1. The number of primary amides is 1. The van der Waals surface area contributed by atoms with Crippen molar-refractivity contribution in [1.82, 2.24) is 5.32 Å². The van der Waals surface area contributed by atoms with E-state index in [4.69, 9.17) is 17.3 Å². The lowest BCUT2D eigenvalue weighted by molar-refractivity contribution is -0.384. The van der Waals surface area contributed by atoms with Gasteiger partial charge in [0.25, 0.3) is 11.6 Å². The van der Waals surface area contributed by atoms with E-state index in [1.54, 1.807) is 13.8 Å². The lowest BCUT2D eigenvalue weighted by Gasteiger charge is -2.18. The topological polar surface area (TPSA) is 115 Å². The molecule has 1 aromatic carbocycles. The van der Waals surface area contributed by atoms with Crippen LogP contribution in [0.15, 0.2) is 18.2 Å². The third kappa shape index (κ3) is 3.67. The molecule has 8 heteroatoms. The molecule has 0 aliphatic carbocycles. The molecule has 1 aromatic rings. The van der Waals surface area contributed by atoms with Gasteiger partial charge < -0.3 is 11.1 Å². The standard InChI is InChI=1S/C12H14ClN3O4/c1-6(11(14)17)7(2)15-12(18)8-3-4-10(16(19)20)9(13)5-8/h3-7H,1-2H3,(H2,14,17)(H,15,18). The molecule has 0 aliphatic heterocycles. The fraction of sp³-hybridized carbons (Fsp3) is 0.333. The summed E-state index contributed by atoms with van der Waals surface area (Å²) in [6.07, 6.45) is 0. The molecule has 7 nitrogen and oxygen atoms in total. The van der Waals surface area contributed by atoms with Gasteiger partial charge in [0.05, 0.1) is 10.8 Å². The highest BCUT2D eigenvalue weighted by Gasteiger charge is 2.21.